The molecule has 0 fully saturated rings. The number of rotatable bonds is 3. The minimum atomic E-state index is 0.152. The highest BCUT2D eigenvalue weighted by atomic mass is 14.9. The number of hydrogen-bond acceptors (Lipinski definition) is 2. The molecule has 0 spiro atoms. The van der Waals surface area contributed by atoms with Crippen molar-refractivity contribution in [1.29, 1.82) is 0 Å². The van der Waals surface area contributed by atoms with Gasteiger partial charge in [-0.2, -0.15) is 0 Å². The van der Waals surface area contributed by atoms with E-state index < -0.39 is 0 Å². The summed E-state index contributed by atoms with van der Waals surface area (Å²) in [6.07, 6.45) is 3.85. The van der Waals surface area contributed by atoms with Gasteiger partial charge in [-0.25, -0.2) is 4.98 Å². The van der Waals surface area contributed by atoms with E-state index in [4.69, 9.17) is 5.73 Å². The van der Waals surface area contributed by atoms with Gasteiger partial charge in [0.1, 0.15) is 5.82 Å². The maximum atomic E-state index is 5.69. The van der Waals surface area contributed by atoms with Crippen molar-refractivity contribution in [1.82, 2.24) is 9.97 Å². The molecule has 14 heavy (non-hydrogen) atoms. The Morgan fingerprint density at radius 1 is 1.50 bits per heavy atom. The first kappa shape index (κ1) is 11.2. The Bertz CT molecular complexity index is 281. The largest absolute Gasteiger partial charge is 0.345 e. The molecule has 1 aromatic rings. The van der Waals surface area contributed by atoms with E-state index in [2.05, 4.69) is 30.7 Å². The van der Waals surface area contributed by atoms with Crippen LogP contribution in [0.5, 0.6) is 0 Å². The van der Waals surface area contributed by atoms with Gasteiger partial charge in [0.2, 0.25) is 0 Å². The zero-order valence-electron chi connectivity index (χ0n) is 9.59. The summed E-state index contributed by atoms with van der Waals surface area (Å²) in [5.41, 5.74) is 7.04. The molecule has 1 rings (SSSR count). The molecule has 3 nitrogen and oxygen atoms in total. The lowest BCUT2D eigenvalue weighted by molar-refractivity contribution is 0.569. The van der Waals surface area contributed by atoms with E-state index in [-0.39, 0.29) is 11.5 Å². The van der Waals surface area contributed by atoms with Crippen LogP contribution in [0.4, 0.5) is 0 Å². The van der Waals surface area contributed by atoms with Crippen LogP contribution in [0.1, 0.15) is 45.6 Å². The molecule has 1 atom stereocenters. The number of aromatic nitrogens is 2. The van der Waals surface area contributed by atoms with Gasteiger partial charge in [0.15, 0.2) is 0 Å². The highest BCUT2D eigenvalue weighted by Crippen LogP contribution is 2.19. The standard InChI is InChI=1S/C11H21N3/c1-8(12)5-6-10-13-7-9(14-10)11(2,3)4/h7-8H,5-6,12H2,1-4H3,(H,13,14). The van der Waals surface area contributed by atoms with Crippen molar-refractivity contribution in [2.75, 3.05) is 0 Å². The average molecular weight is 195 g/mol. The van der Waals surface area contributed by atoms with E-state index in [0.717, 1.165) is 18.7 Å². The van der Waals surface area contributed by atoms with Crippen LogP contribution in [0.3, 0.4) is 0 Å². The first-order chi connectivity index (χ1) is 6.39. The fourth-order valence-electron chi connectivity index (χ4n) is 1.24. The van der Waals surface area contributed by atoms with Crippen molar-refractivity contribution < 1.29 is 0 Å². The Morgan fingerprint density at radius 2 is 2.14 bits per heavy atom. The predicted octanol–water partition coefficient (Wildman–Crippen LogP) is 1.99. The quantitative estimate of drug-likeness (QED) is 0.775. The molecule has 0 saturated carbocycles. The van der Waals surface area contributed by atoms with Gasteiger partial charge in [-0.15, -0.1) is 0 Å². The van der Waals surface area contributed by atoms with E-state index in [1.54, 1.807) is 0 Å². The van der Waals surface area contributed by atoms with Crippen LogP contribution >= 0.6 is 0 Å². The predicted molar refractivity (Wildman–Crippen MR) is 59.3 cm³/mol. The summed E-state index contributed by atoms with van der Waals surface area (Å²) < 4.78 is 0. The first-order valence-electron chi connectivity index (χ1n) is 5.19. The lowest BCUT2D eigenvalue weighted by atomic mass is 9.93. The minimum Gasteiger partial charge on any atom is -0.345 e. The third-order valence-electron chi connectivity index (χ3n) is 2.27. The molecule has 3 heteroatoms. The van der Waals surface area contributed by atoms with Crippen LogP contribution in [0.2, 0.25) is 0 Å². The summed E-state index contributed by atoms with van der Waals surface area (Å²) in [5, 5.41) is 0. The van der Waals surface area contributed by atoms with Crippen LogP contribution in [0.25, 0.3) is 0 Å². The van der Waals surface area contributed by atoms with Crippen molar-refractivity contribution in [3.8, 4) is 0 Å². The molecule has 0 amide bonds. The third kappa shape index (κ3) is 3.14. The third-order valence-corrected chi connectivity index (χ3v) is 2.27. The number of aromatic amines is 1. The van der Waals surface area contributed by atoms with Crippen LogP contribution < -0.4 is 5.73 Å². The second-order valence-corrected chi connectivity index (χ2v) is 5.01. The molecule has 0 saturated heterocycles. The Morgan fingerprint density at radius 3 is 2.57 bits per heavy atom. The summed E-state index contributed by atoms with van der Waals surface area (Å²) >= 11 is 0. The van der Waals surface area contributed by atoms with E-state index >= 15 is 0 Å². The van der Waals surface area contributed by atoms with Crippen LogP contribution in [-0.2, 0) is 11.8 Å². The number of imidazole rings is 1. The van der Waals surface area contributed by atoms with Crippen molar-refractivity contribution in [2.45, 2.75) is 52.0 Å². The summed E-state index contributed by atoms with van der Waals surface area (Å²) in [5.74, 6) is 1.05. The van der Waals surface area contributed by atoms with E-state index in [1.807, 2.05) is 13.1 Å². The minimum absolute atomic E-state index is 0.152. The smallest absolute Gasteiger partial charge is 0.106 e. The molecule has 0 aliphatic carbocycles. The number of nitrogens with one attached hydrogen (secondary N) is 1. The fourth-order valence-corrected chi connectivity index (χ4v) is 1.24. The highest BCUT2D eigenvalue weighted by Gasteiger charge is 2.16. The Hall–Kier alpha value is -0.830. The molecule has 3 N–H and O–H groups in total. The fraction of sp³-hybridized carbons (Fsp3) is 0.727. The molecule has 0 radical (unpaired) electrons. The van der Waals surface area contributed by atoms with Crippen LogP contribution in [0.15, 0.2) is 6.20 Å². The lowest BCUT2D eigenvalue weighted by Gasteiger charge is -2.15. The van der Waals surface area contributed by atoms with E-state index in [0.29, 0.717) is 0 Å². The summed E-state index contributed by atoms with van der Waals surface area (Å²) in [4.78, 5) is 7.69. The molecule has 80 valence electrons. The number of nitrogens with two attached hydrogens (primary N) is 1. The van der Waals surface area contributed by atoms with Gasteiger partial charge in [0.05, 0.1) is 0 Å². The Kier molecular flexibility index (Phi) is 3.32. The van der Waals surface area contributed by atoms with Gasteiger partial charge in [-0.1, -0.05) is 20.8 Å². The highest BCUT2D eigenvalue weighted by molar-refractivity contribution is 5.11. The average Bonchev–Trinajstić information content (AvgIpc) is 2.47. The van der Waals surface area contributed by atoms with Gasteiger partial charge in [0.25, 0.3) is 0 Å². The van der Waals surface area contributed by atoms with Crippen LogP contribution in [-0.4, -0.2) is 16.0 Å². The van der Waals surface area contributed by atoms with Crippen molar-refractivity contribution in [3.63, 3.8) is 0 Å². The van der Waals surface area contributed by atoms with Crippen molar-refractivity contribution >= 4 is 0 Å². The molecule has 0 aliphatic heterocycles. The maximum absolute atomic E-state index is 5.69. The Balaban J connectivity index is 2.60. The van der Waals surface area contributed by atoms with Gasteiger partial charge in [-0.3, -0.25) is 0 Å². The summed E-state index contributed by atoms with van der Waals surface area (Å²) in [7, 11) is 0. The van der Waals surface area contributed by atoms with Gasteiger partial charge in [0, 0.05) is 29.8 Å². The van der Waals surface area contributed by atoms with Gasteiger partial charge >= 0.3 is 0 Å². The molecule has 0 aliphatic rings. The monoisotopic (exact) mass is 195 g/mol. The molecule has 1 aromatic heterocycles. The molecule has 1 unspecified atom stereocenters. The van der Waals surface area contributed by atoms with Crippen LogP contribution in [0, 0.1) is 0 Å². The van der Waals surface area contributed by atoms with Gasteiger partial charge < -0.3 is 10.7 Å². The zero-order chi connectivity index (χ0) is 10.8. The lowest BCUT2D eigenvalue weighted by Crippen LogP contribution is -2.16. The number of aryl methyl sites for hydroxylation is 1. The topological polar surface area (TPSA) is 54.7 Å². The molecule has 0 aromatic carbocycles. The summed E-state index contributed by atoms with van der Waals surface area (Å²) in [6.45, 7) is 8.55. The first-order valence-corrected chi connectivity index (χ1v) is 5.19. The zero-order valence-corrected chi connectivity index (χ0v) is 9.59. The summed E-state index contributed by atoms with van der Waals surface area (Å²) in [6, 6.07) is 0.248. The van der Waals surface area contributed by atoms with Gasteiger partial charge in [-0.05, 0) is 13.3 Å². The number of hydrogen-bond donors (Lipinski definition) is 2. The maximum Gasteiger partial charge on any atom is 0.106 e. The molecule has 0 bridgehead atoms. The molecular formula is C11H21N3. The van der Waals surface area contributed by atoms with Crippen molar-refractivity contribution in [2.24, 2.45) is 5.73 Å². The normalized spacial score (nSPS) is 14.4. The van der Waals surface area contributed by atoms with E-state index in [1.165, 1.54) is 5.69 Å². The Labute approximate surface area is 86.1 Å². The number of H-pyrrole nitrogens is 1. The second-order valence-electron chi connectivity index (χ2n) is 5.01. The van der Waals surface area contributed by atoms with E-state index in [9.17, 15) is 0 Å². The molecule has 1 heterocycles. The number of nitrogens with zero attached hydrogens (tertiary/aromatic N) is 1. The SMILES string of the molecule is CC(N)CCc1ncc(C(C)(C)C)[nH]1. The molecular weight excluding hydrogens is 174 g/mol. The van der Waals surface area contributed by atoms with Crippen molar-refractivity contribution in [3.05, 3.63) is 17.7 Å². The second kappa shape index (κ2) is 4.13.